The summed E-state index contributed by atoms with van der Waals surface area (Å²) in [5.74, 6) is -7.30. The minimum absolute atomic E-state index is 0.0590. The normalized spacial score (nSPS) is 34.1. The van der Waals surface area contributed by atoms with Gasteiger partial charge in [0.1, 0.15) is 0 Å². The molecule has 6 atom stereocenters. The number of carbonyl (C=O) groups is 5. The van der Waals surface area contributed by atoms with Crippen molar-refractivity contribution in [3.8, 4) is 11.5 Å². The third-order valence-corrected chi connectivity index (χ3v) is 10.3. The van der Waals surface area contributed by atoms with Crippen molar-refractivity contribution >= 4 is 84.8 Å². The lowest BCUT2D eigenvalue weighted by atomic mass is 9.56. The molecular weight excluding hydrogens is 675 g/mol. The molecule has 5 rings (SSSR count). The van der Waals surface area contributed by atoms with Crippen LogP contribution in [0.3, 0.4) is 0 Å². The number of hydrogen-bond acceptors (Lipinski definition) is 8. The van der Waals surface area contributed by atoms with Crippen molar-refractivity contribution in [1.82, 2.24) is 9.80 Å². The number of alkyl halides is 3. The third-order valence-electron chi connectivity index (χ3n) is 7.97. The van der Waals surface area contributed by atoms with Crippen LogP contribution in [0.5, 0.6) is 11.5 Å². The van der Waals surface area contributed by atoms with Gasteiger partial charge in [0.05, 0.1) is 31.5 Å². The van der Waals surface area contributed by atoms with E-state index >= 15 is 0 Å². The van der Waals surface area contributed by atoms with E-state index in [4.69, 9.17) is 27.9 Å². The zero-order valence-corrected chi connectivity index (χ0v) is 24.6. The second-order valence-corrected chi connectivity index (χ2v) is 12.2. The van der Waals surface area contributed by atoms with Gasteiger partial charge in [-0.25, -0.2) is 4.79 Å². The Labute approximate surface area is 243 Å². The number of ether oxygens (including phenoxy) is 2. The van der Waals surface area contributed by atoms with E-state index in [9.17, 15) is 29.1 Å². The van der Waals surface area contributed by atoms with Crippen molar-refractivity contribution in [2.45, 2.75) is 28.5 Å². The predicted molar refractivity (Wildman–Crippen MR) is 140 cm³/mol. The first-order chi connectivity index (χ1) is 17.9. The Kier molecular flexibility index (Phi) is 6.64. The molecule has 38 heavy (non-hydrogen) atoms. The van der Waals surface area contributed by atoms with Crippen molar-refractivity contribution in [3.05, 3.63) is 33.8 Å². The van der Waals surface area contributed by atoms with E-state index in [1.165, 1.54) is 19.2 Å². The van der Waals surface area contributed by atoms with E-state index in [-0.39, 0.29) is 35.4 Å². The molecule has 5 amide bonds. The Balaban J connectivity index is 1.77. The monoisotopic (exact) mass is 692 g/mol. The summed E-state index contributed by atoms with van der Waals surface area (Å²) in [6.45, 7) is 0. The standard InChI is InChI=1S/C24H20Br2Cl2N2O8/c1-37-14-6-9(26)5-12(17(14)31)16-10-3-4-11-15(19(33)30(18(11)32)22(36)38-2)13(10)7-23(27)20(34)29(8-25)21(35)24(16,23)28/h3,5-6,11,13,15-16,31H,4,7-8H2,1-2H3. The fourth-order valence-electron chi connectivity index (χ4n) is 6.34. The molecule has 2 aliphatic carbocycles. The van der Waals surface area contributed by atoms with Gasteiger partial charge in [-0.05, 0) is 30.9 Å². The van der Waals surface area contributed by atoms with Gasteiger partial charge >= 0.3 is 6.09 Å². The minimum atomic E-state index is -2.09. The Morgan fingerprint density at radius 2 is 1.82 bits per heavy atom. The number of hydrogen-bond donors (Lipinski definition) is 1. The van der Waals surface area contributed by atoms with Gasteiger partial charge in [-0.3, -0.25) is 24.1 Å². The molecule has 4 aliphatic rings. The zero-order valence-electron chi connectivity index (χ0n) is 19.9. The first-order valence-corrected chi connectivity index (χ1v) is 14.1. The number of rotatable bonds is 3. The molecule has 2 saturated heterocycles. The summed E-state index contributed by atoms with van der Waals surface area (Å²) in [5, 5.41) is 11.2. The van der Waals surface area contributed by atoms with Gasteiger partial charge in [0.2, 0.25) is 11.8 Å². The maximum absolute atomic E-state index is 13.8. The summed E-state index contributed by atoms with van der Waals surface area (Å²) in [7, 11) is 2.41. The Morgan fingerprint density at radius 1 is 1.13 bits per heavy atom. The summed E-state index contributed by atoms with van der Waals surface area (Å²) in [5.41, 5.74) is 0.417. The van der Waals surface area contributed by atoms with Gasteiger partial charge in [0, 0.05) is 16.0 Å². The largest absolute Gasteiger partial charge is 0.504 e. The SMILES string of the molecule is COC(=O)N1C(=O)C2CC=C3C(CC4(Cl)C(=O)N(CBr)C(=O)C4(Cl)C3c3cc(Br)cc(OC)c3O)C2C1=O. The number of halogens is 4. The molecule has 1 N–H and O–H groups in total. The number of likely N-dealkylation sites (tertiary alicyclic amines) is 2. The second-order valence-electron chi connectivity index (χ2n) is 9.51. The number of nitrogens with zero attached hydrogens (tertiary/aromatic N) is 2. The van der Waals surface area contributed by atoms with Crippen molar-refractivity contribution < 1.29 is 38.6 Å². The van der Waals surface area contributed by atoms with Crippen LogP contribution in [0.4, 0.5) is 4.79 Å². The number of methoxy groups -OCH3 is 2. The Morgan fingerprint density at radius 3 is 2.42 bits per heavy atom. The van der Waals surface area contributed by atoms with Crippen LogP contribution in [0.15, 0.2) is 28.3 Å². The predicted octanol–water partition coefficient (Wildman–Crippen LogP) is 3.64. The van der Waals surface area contributed by atoms with E-state index in [0.717, 1.165) is 12.0 Å². The molecule has 14 heteroatoms. The molecule has 2 heterocycles. The molecule has 202 valence electrons. The number of fused-ring (bicyclic) bond motifs is 4. The van der Waals surface area contributed by atoms with Gasteiger partial charge in [-0.1, -0.05) is 43.5 Å². The molecule has 0 radical (unpaired) electrons. The number of phenolic OH excluding ortho intramolecular Hbond substituents is 1. The van der Waals surface area contributed by atoms with Crippen molar-refractivity contribution in [1.29, 1.82) is 0 Å². The fourth-order valence-corrected chi connectivity index (χ4v) is 8.21. The van der Waals surface area contributed by atoms with Gasteiger partial charge in [0.25, 0.3) is 11.8 Å². The van der Waals surface area contributed by atoms with Crippen LogP contribution < -0.4 is 4.74 Å². The summed E-state index contributed by atoms with van der Waals surface area (Å²) >= 11 is 20.8. The molecular formula is C24H20Br2Cl2N2O8. The number of imide groups is 4. The van der Waals surface area contributed by atoms with Crippen LogP contribution in [-0.4, -0.2) is 74.1 Å². The highest BCUT2D eigenvalue weighted by Crippen LogP contribution is 2.66. The number of phenols is 1. The van der Waals surface area contributed by atoms with E-state index in [1.807, 2.05) is 0 Å². The van der Waals surface area contributed by atoms with Gasteiger partial charge in [0.15, 0.2) is 21.2 Å². The van der Waals surface area contributed by atoms with Crippen molar-refractivity contribution in [3.63, 3.8) is 0 Å². The lowest BCUT2D eigenvalue weighted by Gasteiger charge is -2.50. The molecule has 1 saturated carbocycles. The number of carbonyl (C=O) groups excluding carboxylic acids is 5. The molecule has 0 bridgehead atoms. The Bertz CT molecular complexity index is 1350. The number of amides is 5. The molecule has 1 aromatic carbocycles. The maximum Gasteiger partial charge on any atom is 0.423 e. The molecule has 3 fully saturated rings. The average molecular weight is 695 g/mol. The molecule has 6 unspecified atom stereocenters. The molecule has 10 nitrogen and oxygen atoms in total. The van der Waals surface area contributed by atoms with Crippen LogP contribution in [-0.2, 0) is 23.9 Å². The van der Waals surface area contributed by atoms with E-state index in [0.29, 0.717) is 14.9 Å². The Hall–Kier alpha value is -2.15. The molecule has 2 aliphatic heterocycles. The van der Waals surface area contributed by atoms with Crippen LogP contribution in [0.25, 0.3) is 0 Å². The zero-order chi connectivity index (χ0) is 27.9. The summed E-state index contributed by atoms with van der Waals surface area (Å²) in [6.07, 6.45) is 0.381. The topological polar surface area (TPSA) is 131 Å². The van der Waals surface area contributed by atoms with Crippen LogP contribution in [0.1, 0.15) is 24.3 Å². The fraction of sp³-hybridized carbons (Fsp3) is 0.458. The number of aromatic hydroxyl groups is 1. The molecule has 0 aromatic heterocycles. The van der Waals surface area contributed by atoms with Gasteiger partial charge < -0.3 is 14.6 Å². The second kappa shape index (κ2) is 9.21. The van der Waals surface area contributed by atoms with Crippen molar-refractivity contribution in [2.75, 3.05) is 19.7 Å². The first kappa shape index (κ1) is 27.4. The smallest absolute Gasteiger partial charge is 0.423 e. The third kappa shape index (κ3) is 3.32. The lowest BCUT2D eigenvalue weighted by molar-refractivity contribution is -0.140. The highest BCUT2D eigenvalue weighted by atomic mass is 79.9. The van der Waals surface area contributed by atoms with Gasteiger partial charge in [-0.2, -0.15) is 4.90 Å². The summed E-state index contributed by atoms with van der Waals surface area (Å²) in [6, 6.07) is 3.05. The van der Waals surface area contributed by atoms with Crippen LogP contribution >= 0.6 is 55.1 Å². The maximum atomic E-state index is 13.8. The minimum Gasteiger partial charge on any atom is -0.504 e. The van der Waals surface area contributed by atoms with Crippen molar-refractivity contribution in [2.24, 2.45) is 17.8 Å². The molecule has 0 spiro atoms. The highest BCUT2D eigenvalue weighted by Gasteiger charge is 2.76. The highest BCUT2D eigenvalue weighted by molar-refractivity contribution is 9.10. The van der Waals surface area contributed by atoms with E-state index in [1.54, 1.807) is 6.08 Å². The van der Waals surface area contributed by atoms with Gasteiger partial charge in [-0.15, -0.1) is 23.2 Å². The first-order valence-electron chi connectivity index (χ1n) is 11.4. The van der Waals surface area contributed by atoms with Crippen LogP contribution in [0.2, 0.25) is 0 Å². The number of benzene rings is 1. The summed E-state index contributed by atoms with van der Waals surface area (Å²) in [4.78, 5) is 63.4. The number of allylic oxidation sites excluding steroid dienone is 2. The molecule has 1 aromatic rings. The van der Waals surface area contributed by atoms with Crippen LogP contribution in [0, 0.1) is 17.8 Å². The van der Waals surface area contributed by atoms with E-state index in [2.05, 4.69) is 36.6 Å². The quantitative estimate of drug-likeness (QED) is 0.220. The summed E-state index contributed by atoms with van der Waals surface area (Å²) < 4.78 is 10.4. The van der Waals surface area contributed by atoms with E-state index < -0.39 is 63.1 Å². The average Bonchev–Trinajstić information content (AvgIpc) is 3.22. The lowest BCUT2D eigenvalue weighted by Crippen LogP contribution is -2.60.